The lowest BCUT2D eigenvalue weighted by Gasteiger charge is -2.09. The minimum Gasteiger partial charge on any atom is -0.415 e. The van der Waals surface area contributed by atoms with Crippen molar-refractivity contribution in [1.82, 2.24) is 10.2 Å². The van der Waals surface area contributed by atoms with Gasteiger partial charge in [0.2, 0.25) is 5.89 Å². The molecule has 0 spiro atoms. The molecule has 0 amide bonds. The summed E-state index contributed by atoms with van der Waals surface area (Å²) in [6.07, 6.45) is -0.586. The van der Waals surface area contributed by atoms with Crippen molar-refractivity contribution >= 4 is 11.8 Å². The van der Waals surface area contributed by atoms with Gasteiger partial charge in [0.25, 0.3) is 5.22 Å². The van der Waals surface area contributed by atoms with E-state index in [0.29, 0.717) is 23.5 Å². The third kappa shape index (κ3) is 4.93. The van der Waals surface area contributed by atoms with Gasteiger partial charge < -0.3 is 20.0 Å². The molecule has 1 unspecified atom stereocenters. The summed E-state index contributed by atoms with van der Waals surface area (Å²) in [4.78, 5) is 0. The molecule has 0 saturated heterocycles. The van der Waals surface area contributed by atoms with Crippen LogP contribution < -0.4 is 5.73 Å². The Hall–Kier alpha value is -1.41. The molecule has 0 saturated carbocycles. The first-order valence-corrected chi connectivity index (χ1v) is 7.21. The summed E-state index contributed by atoms with van der Waals surface area (Å²) in [5.74, 6) is 0.823. The smallest absolute Gasteiger partial charge is 0.276 e. The fourth-order valence-electron chi connectivity index (χ4n) is 1.48. The summed E-state index contributed by atoms with van der Waals surface area (Å²) in [6, 6.07) is 9.82. The second kappa shape index (κ2) is 8.01. The van der Waals surface area contributed by atoms with Crippen molar-refractivity contribution in [2.45, 2.75) is 24.5 Å². The summed E-state index contributed by atoms with van der Waals surface area (Å²) in [5, 5.41) is 17.7. The quantitative estimate of drug-likeness (QED) is 0.706. The Balaban J connectivity index is 1.64. The number of hydrogen-bond donors (Lipinski definition) is 2. The molecule has 3 N–H and O–H groups in total. The van der Waals surface area contributed by atoms with Crippen LogP contribution in [0.5, 0.6) is 0 Å². The van der Waals surface area contributed by atoms with Crippen molar-refractivity contribution in [3.05, 3.63) is 41.8 Å². The topological polar surface area (TPSA) is 94.4 Å². The van der Waals surface area contributed by atoms with Gasteiger partial charge in [0.15, 0.2) is 0 Å². The summed E-state index contributed by atoms with van der Waals surface area (Å²) >= 11 is 1.29. The number of thioether (sulfide) groups is 1. The predicted octanol–water partition coefficient (Wildman–Crippen LogP) is 1.20. The molecule has 1 aromatic carbocycles. The van der Waals surface area contributed by atoms with Gasteiger partial charge in [0.1, 0.15) is 0 Å². The lowest BCUT2D eigenvalue weighted by atomic mass is 10.2. The van der Waals surface area contributed by atoms with Crippen LogP contribution in [0.1, 0.15) is 11.5 Å². The highest BCUT2D eigenvalue weighted by Crippen LogP contribution is 2.17. The first-order chi connectivity index (χ1) is 9.78. The molecule has 108 valence electrons. The van der Waals surface area contributed by atoms with Crippen LogP contribution in [0.2, 0.25) is 0 Å². The normalized spacial score (nSPS) is 12.5. The summed E-state index contributed by atoms with van der Waals surface area (Å²) in [5.41, 5.74) is 6.45. The van der Waals surface area contributed by atoms with Gasteiger partial charge in [-0.25, -0.2) is 0 Å². The average Bonchev–Trinajstić information content (AvgIpc) is 2.94. The standard InChI is InChI=1S/C13H17N3O3S/c14-6-12-15-16-13(19-12)20-9-11(17)8-18-7-10-4-2-1-3-5-10/h1-5,11,17H,6-9,14H2. The van der Waals surface area contributed by atoms with Crippen molar-refractivity contribution in [3.63, 3.8) is 0 Å². The molecule has 2 aromatic rings. The molecule has 2 rings (SSSR count). The third-order valence-corrected chi connectivity index (χ3v) is 3.41. The Kier molecular flexibility index (Phi) is 6.00. The molecule has 0 fully saturated rings. The molecule has 20 heavy (non-hydrogen) atoms. The Morgan fingerprint density at radius 2 is 2.10 bits per heavy atom. The molecule has 1 atom stereocenters. The molecule has 0 bridgehead atoms. The van der Waals surface area contributed by atoms with E-state index < -0.39 is 6.10 Å². The second-order valence-corrected chi connectivity index (χ2v) is 5.10. The largest absolute Gasteiger partial charge is 0.415 e. The Morgan fingerprint density at radius 3 is 2.80 bits per heavy atom. The van der Waals surface area contributed by atoms with Crippen LogP contribution in [0.15, 0.2) is 40.0 Å². The fraction of sp³-hybridized carbons (Fsp3) is 0.385. The van der Waals surface area contributed by atoms with Crippen molar-refractivity contribution in [2.75, 3.05) is 12.4 Å². The van der Waals surface area contributed by atoms with E-state index in [4.69, 9.17) is 14.9 Å². The average molecular weight is 295 g/mol. The predicted molar refractivity (Wildman–Crippen MR) is 75.0 cm³/mol. The molecule has 1 aromatic heterocycles. The van der Waals surface area contributed by atoms with E-state index in [1.165, 1.54) is 11.8 Å². The highest BCUT2D eigenvalue weighted by atomic mass is 32.2. The maximum absolute atomic E-state index is 9.79. The Morgan fingerprint density at radius 1 is 1.30 bits per heavy atom. The van der Waals surface area contributed by atoms with Crippen molar-refractivity contribution < 1.29 is 14.3 Å². The van der Waals surface area contributed by atoms with Crippen LogP contribution >= 0.6 is 11.8 Å². The van der Waals surface area contributed by atoms with E-state index in [9.17, 15) is 5.11 Å². The van der Waals surface area contributed by atoms with E-state index in [-0.39, 0.29) is 13.2 Å². The van der Waals surface area contributed by atoms with Crippen molar-refractivity contribution in [2.24, 2.45) is 5.73 Å². The zero-order valence-electron chi connectivity index (χ0n) is 10.9. The zero-order chi connectivity index (χ0) is 14.2. The van der Waals surface area contributed by atoms with Gasteiger partial charge in [-0.1, -0.05) is 42.1 Å². The number of benzene rings is 1. The molecule has 0 aliphatic heterocycles. The Bertz CT molecular complexity index is 507. The number of nitrogens with zero attached hydrogens (tertiary/aromatic N) is 2. The number of aromatic nitrogens is 2. The number of nitrogens with two attached hydrogens (primary N) is 1. The highest BCUT2D eigenvalue weighted by molar-refractivity contribution is 7.99. The first-order valence-electron chi connectivity index (χ1n) is 6.23. The maximum atomic E-state index is 9.79. The van der Waals surface area contributed by atoms with E-state index in [0.717, 1.165) is 5.56 Å². The van der Waals surface area contributed by atoms with E-state index in [1.54, 1.807) is 0 Å². The molecular weight excluding hydrogens is 278 g/mol. The Labute approximate surface area is 121 Å². The second-order valence-electron chi connectivity index (χ2n) is 4.13. The molecule has 0 aliphatic carbocycles. The lowest BCUT2D eigenvalue weighted by molar-refractivity contribution is 0.0397. The fourth-order valence-corrected chi connectivity index (χ4v) is 2.17. The van der Waals surface area contributed by atoms with Gasteiger partial charge >= 0.3 is 0 Å². The zero-order valence-corrected chi connectivity index (χ0v) is 11.8. The molecule has 0 aliphatic rings. The van der Waals surface area contributed by atoms with Crippen LogP contribution in [0, 0.1) is 0 Å². The monoisotopic (exact) mass is 295 g/mol. The SMILES string of the molecule is NCc1nnc(SCC(O)COCc2ccccc2)o1. The van der Waals surface area contributed by atoms with Gasteiger partial charge in [-0.2, -0.15) is 0 Å². The first kappa shape index (κ1) is 15.0. The van der Waals surface area contributed by atoms with Crippen LogP contribution in [-0.4, -0.2) is 33.8 Å². The van der Waals surface area contributed by atoms with Gasteiger partial charge in [-0.15, -0.1) is 10.2 Å². The molecule has 0 radical (unpaired) electrons. The van der Waals surface area contributed by atoms with Crippen LogP contribution in [0.25, 0.3) is 0 Å². The van der Waals surface area contributed by atoms with Crippen LogP contribution in [0.4, 0.5) is 0 Å². The van der Waals surface area contributed by atoms with Gasteiger partial charge in [-0.05, 0) is 5.56 Å². The number of rotatable bonds is 8. The summed E-state index contributed by atoms with van der Waals surface area (Å²) in [6.45, 7) is 0.969. The van der Waals surface area contributed by atoms with Crippen LogP contribution in [-0.2, 0) is 17.9 Å². The number of aliphatic hydroxyl groups is 1. The van der Waals surface area contributed by atoms with Gasteiger partial charge in [0, 0.05) is 5.75 Å². The van der Waals surface area contributed by atoms with Gasteiger partial charge in [0.05, 0.1) is 25.9 Å². The third-order valence-electron chi connectivity index (χ3n) is 2.44. The minimum absolute atomic E-state index is 0.219. The molecule has 1 heterocycles. The number of hydrogen-bond acceptors (Lipinski definition) is 7. The molecule has 6 nitrogen and oxygen atoms in total. The molecular formula is C13H17N3O3S. The van der Waals surface area contributed by atoms with E-state index >= 15 is 0 Å². The number of aliphatic hydroxyl groups excluding tert-OH is 1. The van der Waals surface area contributed by atoms with E-state index in [1.807, 2.05) is 30.3 Å². The molecule has 7 heteroatoms. The van der Waals surface area contributed by atoms with Crippen molar-refractivity contribution in [3.8, 4) is 0 Å². The summed E-state index contributed by atoms with van der Waals surface area (Å²) < 4.78 is 10.7. The maximum Gasteiger partial charge on any atom is 0.276 e. The highest BCUT2D eigenvalue weighted by Gasteiger charge is 2.10. The lowest BCUT2D eigenvalue weighted by Crippen LogP contribution is -2.17. The van der Waals surface area contributed by atoms with Gasteiger partial charge in [-0.3, -0.25) is 0 Å². The van der Waals surface area contributed by atoms with Crippen molar-refractivity contribution in [1.29, 1.82) is 0 Å². The minimum atomic E-state index is -0.586. The number of ether oxygens (including phenoxy) is 1. The van der Waals surface area contributed by atoms with Crippen LogP contribution in [0.3, 0.4) is 0 Å². The summed E-state index contributed by atoms with van der Waals surface area (Å²) in [7, 11) is 0. The van der Waals surface area contributed by atoms with E-state index in [2.05, 4.69) is 10.2 Å².